The molecular weight excluding hydrogens is 259 g/mol. The smallest absolute Gasteiger partial charge is 0.416 e. The first-order valence-corrected chi connectivity index (χ1v) is 5.98. The molecule has 19 heavy (non-hydrogen) atoms. The molecule has 0 radical (unpaired) electrons. The average Bonchev–Trinajstić information content (AvgIpc) is 2.25. The fourth-order valence-corrected chi connectivity index (χ4v) is 2.08. The van der Waals surface area contributed by atoms with Crippen LogP contribution in [0, 0.1) is 0 Å². The van der Waals surface area contributed by atoms with E-state index in [4.69, 9.17) is 4.74 Å². The molecule has 0 amide bonds. The van der Waals surface area contributed by atoms with Crippen LogP contribution in [-0.4, -0.2) is 30.4 Å². The second-order valence-electron chi connectivity index (χ2n) is 5.26. The molecule has 1 aliphatic heterocycles. The van der Waals surface area contributed by atoms with Crippen LogP contribution >= 0.6 is 0 Å². The summed E-state index contributed by atoms with van der Waals surface area (Å²) in [4.78, 5) is 1.72. The molecule has 1 aromatic rings. The molecule has 0 aliphatic carbocycles. The van der Waals surface area contributed by atoms with Crippen LogP contribution in [-0.2, 0) is 6.18 Å². The largest absolute Gasteiger partial charge is 0.490 e. The highest BCUT2D eigenvalue weighted by atomic mass is 19.4. The second kappa shape index (κ2) is 4.59. The molecule has 1 aliphatic rings. The number of halogens is 3. The quantitative estimate of drug-likeness (QED) is 0.900. The summed E-state index contributed by atoms with van der Waals surface area (Å²) >= 11 is 0. The first-order valence-electron chi connectivity index (χ1n) is 5.98. The van der Waals surface area contributed by atoms with Gasteiger partial charge in [0.2, 0.25) is 0 Å². The van der Waals surface area contributed by atoms with Crippen LogP contribution in [0.1, 0.15) is 19.4 Å². The Morgan fingerprint density at radius 3 is 2.58 bits per heavy atom. The zero-order valence-electron chi connectivity index (χ0n) is 10.8. The van der Waals surface area contributed by atoms with Crippen molar-refractivity contribution in [3.8, 4) is 5.75 Å². The summed E-state index contributed by atoms with van der Waals surface area (Å²) in [6.45, 7) is 4.35. The van der Waals surface area contributed by atoms with Gasteiger partial charge in [0.25, 0.3) is 0 Å². The Bertz CT molecular complexity index is 466. The van der Waals surface area contributed by atoms with Crippen molar-refractivity contribution in [1.29, 1.82) is 0 Å². The van der Waals surface area contributed by atoms with Crippen LogP contribution in [0.3, 0.4) is 0 Å². The van der Waals surface area contributed by atoms with Gasteiger partial charge in [0.15, 0.2) is 0 Å². The first-order chi connectivity index (χ1) is 8.67. The molecule has 0 fully saturated rings. The highest BCUT2D eigenvalue weighted by Crippen LogP contribution is 2.38. The zero-order valence-corrected chi connectivity index (χ0v) is 10.8. The zero-order chi connectivity index (χ0) is 14.3. The van der Waals surface area contributed by atoms with Crippen LogP contribution < -0.4 is 9.64 Å². The lowest BCUT2D eigenvalue weighted by molar-refractivity contribution is -0.137. The van der Waals surface area contributed by atoms with E-state index < -0.39 is 17.3 Å². The van der Waals surface area contributed by atoms with Crippen molar-refractivity contribution in [1.82, 2.24) is 0 Å². The Kier molecular flexibility index (Phi) is 3.38. The van der Waals surface area contributed by atoms with Crippen molar-refractivity contribution >= 4 is 5.69 Å². The molecule has 1 aromatic carbocycles. The van der Waals surface area contributed by atoms with E-state index in [9.17, 15) is 18.3 Å². The highest BCUT2D eigenvalue weighted by molar-refractivity contribution is 5.62. The molecule has 106 valence electrons. The molecule has 0 saturated heterocycles. The number of rotatable bonds is 2. The lowest BCUT2D eigenvalue weighted by Gasteiger charge is -2.35. The molecule has 0 saturated carbocycles. The van der Waals surface area contributed by atoms with Gasteiger partial charge >= 0.3 is 6.18 Å². The molecule has 0 bridgehead atoms. The Morgan fingerprint density at radius 1 is 1.32 bits per heavy atom. The van der Waals surface area contributed by atoms with Crippen molar-refractivity contribution < 1.29 is 23.0 Å². The second-order valence-corrected chi connectivity index (χ2v) is 5.26. The maximum Gasteiger partial charge on any atom is 0.416 e. The predicted molar refractivity (Wildman–Crippen MR) is 65.4 cm³/mol. The molecule has 3 nitrogen and oxygen atoms in total. The van der Waals surface area contributed by atoms with Crippen LogP contribution in [0.5, 0.6) is 5.75 Å². The molecule has 0 unspecified atom stereocenters. The first kappa shape index (κ1) is 14.0. The number of benzene rings is 1. The van der Waals surface area contributed by atoms with Crippen molar-refractivity contribution in [2.24, 2.45) is 0 Å². The van der Waals surface area contributed by atoms with E-state index in [0.717, 1.165) is 12.1 Å². The maximum atomic E-state index is 12.7. The molecular formula is C13H16F3NO2. The SMILES string of the molecule is CC(C)(O)CN1CCOc2ccc(C(F)(F)F)cc21. The minimum absolute atomic E-state index is 0.255. The van der Waals surface area contributed by atoms with E-state index >= 15 is 0 Å². The Balaban J connectivity index is 2.36. The van der Waals surface area contributed by atoms with Gasteiger partial charge in [0.05, 0.1) is 23.4 Å². The van der Waals surface area contributed by atoms with E-state index in [1.807, 2.05) is 0 Å². The Morgan fingerprint density at radius 2 is 2.00 bits per heavy atom. The van der Waals surface area contributed by atoms with Gasteiger partial charge < -0.3 is 14.7 Å². The minimum Gasteiger partial charge on any atom is -0.490 e. The summed E-state index contributed by atoms with van der Waals surface area (Å²) in [6, 6.07) is 3.40. The van der Waals surface area contributed by atoms with Gasteiger partial charge in [-0.1, -0.05) is 0 Å². The van der Waals surface area contributed by atoms with Gasteiger partial charge in [-0.25, -0.2) is 0 Å². The molecule has 1 N–H and O–H groups in total. The monoisotopic (exact) mass is 275 g/mol. The van der Waals surface area contributed by atoms with Gasteiger partial charge in [-0.15, -0.1) is 0 Å². The van der Waals surface area contributed by atoms with Gasteiger partial charge in [0, 0.05) is 6.54 Å². The summed E-state index contributed by atoms with van der Waals surface area (Å²) in [6.07, 6.45) is -4.38. The number of nitrogens with zero attached hydrogens (tertiary/aromatic N) is 1. The highest BCUT2D eigenvalue weighted by Gasteiger charge is 2.33. The molecule has 6 heteroatoms. The lowest BCUT2D eigenvalue weighted by Crippen LogP contribution is -2.42. The normalized spacial score (nSPS) is 16.0. The Labute approximate surface area is 109 Å². The third-order valence-electron chi connectivity index (χ3n) is 2.82. The summed E-state index contributed by atoms with van der Waals surface area (Å²) < 4.78 is 43.5. The third-order valence-corrected chi connectivity index (χ3v) is 2.82. The number of ether oxygens (including phenoxy) is 1. The number of fused-ring (bicyclic) bond motifs is 1. The number of anilines is 1. The van der Waals surface area contributed by atoms with E-state index in [1.54, 1.807) is 18.7 Å². The lowest BCUT2D eigenvalue weighted by atomic mass is 10.1. The van der Waals surface area contributed by atoms with Crippen molar-refractivity contribution in [3.63, 3.8) is 0 Å². The Hall–Kier alpha value is -1.43. The van der Waals surface area contributed by atoms with Crippen LogP contribution in [0.2, 0.25) is 0 Å². The molecule has 0 spiro atoms. The molecule has 0 atom stereocenters. The van der Waals surface area contributed by atoms with Gasteiger partial charge in [-0.2, -0.15) is 13.2 Å². The van der Waals surface area contributed by atoms with Gasteiger partial charge in [-0.05, 0) is 32.0 Å². The van der Waals surface area contributed by atoms with Crippen LogP contribution in [0.4, 0.5) is 18.9 Å². The number of hydrogen-bond donors (Lipinski definition) is 1. The van der Waals surface area contributed by atoms with Gasteiger partial charge in [0.1, 0.15) is 12.4 Å². The van der Waals surface area contributed by atoms with E-state index in [1.165, 1.54) is 6.07 Å². The topological polar surface area (TPSA) is 32.7 Å². The molecule has 0 aromatic heterocycles. The van der Waals surface area contributed by atoms with Crippen molar-refractivity contribution in [3.05, 3.63) is 23.8 Å². The van der Waals surface area contributed by atoms with Crippen LogP contribution in [0.25, 0.3) is 0 Å². The standard InChI is InChI=1S/C13H16F3NO2/c1-12(2,18)8-17-5-6-19-11-4-3-9(7-10(11)17)13(14,15)16/h3-4,7,18H,5-6,8H2,1-2H3. The predicted octanol–water partition coefficient (Wildman–Crippen LogP) is 2.68. The van der Waals surface area contributed by atoms with Crippen molar-refractivity contribution in [2.45, 2.75) is 25.6 Å². The van der Waals surface area contributed by atoms with Gasteiger partial charge in [-0.3, -0.25) is 0 Å². The van der Waals surface area contributed by atoms with Crippen LogP contribution in [0.15, 0.2) is 18.2 Å². The summed E-state index contributed by atoms with van der Waals surface area (Å²) in [7, 11) is 0. The number of alkyl halides is 3. The number of aliphatic hydroxyl groups is 1. The molecule has 2 rings (SSSR count). The van der Waals surface area contributed by atoms with E-state index in [0.29, 0.717) is 24.6 Å². The molecule has 1 heterocycles. The number of hydrogen-bond acceptors (Lipinski definition) is 3. The van der Waals surface area contributed by atoms with E-state index in [2.05, 4.69) is 0 Å². The fourth-order valence-electron chi connectivity index (χ4n) is 2.08. The van der Waals surface area contributed by atoms with E-state index in [-0.39, 0.29) is 6.54 Å². The van der Waals surface area contributed by atoms with Crippen molar-refractivity contribution in [2.75, 3.05) is 24.6 Å². The number of β-amino-alcohol motifs (C(OH)–C–C–N with tert-alkyl or cyclic N) is 1. The maximum absolute atomic E-state index is 12.7. The summed E-state index contributed by atoms with van der Waals surface area (Å²) in [5.41, 5.74) is -1.32. The average molecular weight is 275 g/mol. The summed E-state index contributed by atoms with van der Waals surface area (Å²) in [5, 5.41) is 9.82. The fraction of sp³-hybridized carbons (Fsp3) is 0.538. The minimum atomic E-state index is -4.38. The third kappa shape index (κ3) is 3.32. The summed E-state index contributed by atoms with van der Waals surface area (Å²) in [5.74, 6) is 0.420.